The smallest absolute Gasteiger partial charge is 0.336 e. The second kappa shape index (κ2) is 4.24. The van der Waals surface area contributed by atoms with Gasteiger partial charge in [0.05, 0.1) is 11.1 Å². The second-order valence-corrected chi connectivity index (χ2v) is 5.37. The van der Waals surface area contributed by atoms with E-state index in [1.165, 1.54) is 6.07 Å². The lowest BCUT2D eigenvalue weighted by Crippen LogP contribution is -2.14. The highest BCUT2D eigenvalue weighted by atomic mass is 16.4. The van der Waals surface area contributed by atoms with E-state index >= 15 is 0 Å². The van der Waals surface area contributed by atoms with Crippen molar-refractivity contribution in [3.63, 3.8) is 0 Å². The predicted molar refractivity (Wildman–Crippen MR) is 82.3 cm³/mol. The number of carboxylic acids is 1. The molecule has 0 saturated heterocycles. The Morgan fingerprint density at radius 3 is 2.55 bits per heavy atom. The molecule has 4 nitrogen and oxygen atoms in total. The van der Waals surface area contributed by atoms with Crippen molar-refractivity contribution >= 4 is 22.7 Å². The minimum absolute atomic E-state index is 0.146. The van der Waals surface area contributed by atoms with Crippen molar-refractivity contribution in [1.82, 2.24) is 4.98 Å². The fourth-order valence-electron chi connectivity index (χ4n) is 3.16. The molecule has 0 spiro atoms. The lowest BCUT2D eigenvalue weighted by molar-refractivity contribution is 0.0697. The van der Waals surface area contributed by atoms with Crippen LogP contribution in [0.2, 0.25) is 0 Å². The predicted octanol–water partition coefficient (Wildman–Crippen LogP) is 3.45. The Bertz CT molecular complexity index is 989. The molecule has 0 saturated carbocycles. The van der Waals surface area contributed by atoms with Crippen LogP contribution in [0.1, 0.15) is 32.0 Å². The summed E-state index contributed by atoms with van der Waals surface area (Å²) in [5.74, 6) is -1.19. The zero-order valence-corrected chi connectivity index (χ0v) is 11.8. The van der Waals surface area contributed by atoms with Crippen LogP contribution in [-0.2, 0) is 0 Å². The lowest BCUT2D eigenvalue weighted by atomic mass is 9.81. The molecule has 1 N–H and O–H groups in total. The zero-order chi connectivity index (χ0) is 15.4. The van der Waals surface area contributed by atoms with E-state index in [0.717, 1.165) is 16.6 Å². The molecule has 0 fully saturated rings. The topological polar surface area (TPSA) is 67.3 Å². The molecule has 0 radical (unpaired) electrons. The Morgan fingerprint density at radius 1 is 1.05 bits per heavy atom. The molecule has 1 aromatic heterocycles. The Hall–Kier alpha value is -3.01. The molecule has 4 rings (SSSR count). The number of nitrogens with zero attached hydrogens (tertiary/aromatic N) is 1. The molecule has 1 aliphatic rings. The highest BCUT2D eigenvalue weighted by molar-refractivity contribution is 6.27. The van der Waals surface area contributed by atoms with E-state index in [9.17, 15) is 14.7 Å². The van der Waals surface area contributed by atoms with Gasteiger partial charge in [-0.2, -0.15) is 0 Å². The van der Waals surface area contributed by atoms with Gasteiger partial charge in [-0.25, -0.2) is 4.79 Å². The average molecular weight is 289 g/mol. The fraction of sp³-hybridized carbons (Fsp3) is 0.0556. The number of hydrogen-bond donors (Lipinski definition) is 1. The third kappa shape index (κ3) is 1.55. The van der Waals surface area contributed by atoms with Gasteiger partial charge in [-0.15, -0.1) is 0 Å². The summed E-state index contributed by atoms with van der Waals surface area (Å²) in [5, 5.41) is 10.2. The number of hydrogen-bond acceptors (Lipinski definition) is 3. The normalized spacial score (nSPS) is 12.3. The average Bonchev–Trinajstić information content (AvgIpc) is 2.51. The quantitative estimate of drug-likeness (QED) is 0.582. The third-order valence-electron chi connectivity index (χ3n) is 4.02. The molecule has 3 aromatic rings. The Kier molecular flexibility index (Phi) is 2.45. The van der Waals surface area contributed by atoms with E-state index in [1.807, 2.05) is 19.1 Å². The van der Waals surface area contributed by atoms with Crippen LogP contribution in [0.5, 0.6) is 0 Å². The van der Waals surface area contributed by atoms with Gasteiger partial charge in [-0.05, 0) is 30.7 Å². The van der Waals surface area contributed by atoms with Crippen LogP contribution in [0.15, 0.2) is 42.5 Å². The molecule has 0 atom stereocenters. The van der Waals surface area contributed by atoms with Crippen molar-refractivity contribution in [2.24, 2.45) is 0 Å². The molecule has 22 heavy (non-hydrogen) atoms. The number of carbonyl (C=O) groups is 2. The van der Waals surface area contributed by atoms with Gasteiger partial charge in [0.2, 0.25) is 0 Å². The molecular weight excluding hydrogens is 278 g/mol. The Labute approximate surface area is 126 Å². The van der Waals surface area contributed by atoms with E-state index in [-0.39, 0.29) is 11.3 Å². The summed E-state index contributed by atoms with van der Waals surface area (Å²) in [5.41, 5.74) is 3.93. The van der Waals surface area contributed by atoms with Crippen LogP contribution in [0.4, 0.5) is 0 Å². The van der Waals surface area contributed by atoms with Crippen LogP contribution in [0.25, 0.3) is 22.0 Å². The zero-order valence-electron chi connectivity index (χ0n) is 11.8. The monoisotopic (exact) mass is 289 g/mol. The van der Waals surface area contributed by atoms with Crippen LogP contribution in [0.3, 0.4) is 0 Å². The van der Waals surface area contributed by atoms with Crippen LogP contribution in [-0.4, -0.2) is 21.8 Å². The van der Waals surface area contributed by atoms with Crippen molar-refractivity contribution < 1.29 is 14.7 Å². The fourth-order valence-corrected chi connectivity index (χ4v) is 3.16. The first-order valence-electron chi connectivity index (χ1n) is 6.89. The summed E-state index contributed by atoms with van der Waals surface area (Å²) in [6.45, 7) is 1.86. The van der Waals surface area contributed by atoms with Crippen LogP contribution in [0, 0.1) is 6.92 Å². The first-order valence-corrected chi connectivity index (χ1v) is 6.89. The van der Waals surface area contributed by atoms with Crippen molar-refractivity contribution in [3.8, 4) is 11.1 Å². The Balaban J connectivity index is 2.27. The van der Waals surface area contributed by atoms with Gasteiger partial charge in [-0.1, -0.05) is 24.3 Å². The van der Waals surface area contributed by atoms with E-state index in [2.05, 4.69) is 4.98 Å². The van der Waals surface area contributed by atoms with Gasteiger partial charge in [0, 0.05) is 27.8 Å². The molecule has 0 amide bonds. The number of aromatic carboxylic acids is 1. The number of carbonyl (C=O) groups excluding carboxylic acids is 1. The number of benzene rings is 2. The minimum Gasteiger partial charge on any atom is -0.478 e. The summed E-state index contributed by atoms with van der Waals surface area (Å²) in [6, 6.07) is 12.1. The summed E-state index contributed by atoms with van der Waals surface area (Å²) >= 11 is 0. The van der Waals surface area contributed by atoms with Gasteiger partial charge in [0.1, 0.15) is 0 Å². The van der Waals surface area contributed by atoms with Gasteiger partial charge in [-0.3, -0.25) is 9.78 Å². The molecule has 0 bridgehead atoms. The van der Waals surface area contributed by atoms with Crippen LogP contribution >= 0.6 is 0 Å². The number of ketones is 1. The molecule has 106 valence electrons. The van der Waals surface area contributed by atoms with E-state index < -0.39 is 5.97 Å². The highest BCUT2D eigenvalue weighted by Gasteiger charge is 2.29. The van der Waals surface area contributed by atoms with Crippen molar-refractivity contribution in [1.29, 1.82) is 0 Å². The first-order chi connectivity index (χ1) is 10.6. The summed E-state index contributed by atoms with van der Waals surface area (Å²) in [7, 11) is 0. The number of aromatic nitrogens is 1. The maximum atomic E-state index is 12.7. The third-order valence-corrected chi connectivity index (χ3v) is 4.02. The van der Waals surface area contributed by atoms with Crippen molar-refractivity contribution in [3.05, 3.63) is 64.8 Å². The molecule has 4 heteroatoms. The van der Waals surface area contributed by atoms with Gasteiger partial charge in [0.15, 0.2) is 5.78 Å². The summed E-state index contributed by atoms with van der Waals surface area (Å²) in [4.78, 5) is 28.8. The standard InChI is InChI=1S/C18H11NO3/c1-9-8-13-15-10(4-2-6-12(15)18(21)22)17(20)11-5-3-7-14(19-9)16(11)13/h2-8H,1H3,(H,21,22). The lowest BCUT2D eigenvalue weighted by Gasteiger charge is -2.21. The van der Waals surface area contributed by atoms with Crippen LogP contribution < -0.4 is 0 Å². The van der Waals surface area contributed by atoms with E-state index in [4.69, 9.17) is 0 Å². The molecule has 2 aromatic carbocycles. The summed E-state index contributed by atoms with van der Waals surface area (Å²) in [6.07, 6.45) is 0. The maximum absolute atomic E-state index is 12.7. The Morgan fingerprint density at radius 2 is 1.77 bits per heavy atom. The van der Waals surface area contributed by atoms with E-state index in [0.29, 0.717) is 22.2 Å². The number of fused-ring (bicyclic) bond motifs is 2. The van der Waals surface area contributed by atoms with Crippen molar-refractivity contribution in [2.45, 2.75) is 6.92 Å². The molecule has 0 unspecified atom stereocenters. The van der Waals surface area contributed by atoms with Gasteiger partial charge in [0.25, 0.3) is 0 Å². The van der Waals surface area contributed by atoms with E-state index in [1.54, 1.807) is 24.3 Å². The molecular formula is C18H11NO3. The molecule has 0 aliphatic heterocycles. The highest BCUT2D eigenvalue weighted by Crippen LogP contribution is 2.40. The number of carboxylic acid groups (broad SMARTS) is 1. The number of aryl methyl sites for hydroxylation is 1. The summed E-state index contributed by atoms with van der Waals surface area (Å²) < 4.78 is 0. The number of pyridine rings is 1. The molecule has 1 aliphatic carbocycles. The number of rotatable bonds is 1. The first kappa shape index (κ1) is 12.7. The van der Waals surface area contributed by atoms with Crippen molar-refractivity contribution in [2.75, 3.05) is 0 Å². The van der Waals surface area contributed by atoms with Gasteiger partial charge >= 0.3 is 5.97 Å². The SMILES string of the molecule is Cc1cc2c3c(cccc3n1)C(=O)c1cccc(C(=O)O)c1-2. The molecule has 1 heterocycles. The minimum atomic E-state index is -1.04. The van der Waals surface area contributed by atoms with Gasteiger partial charge < -0.3 is 5.11 Å². The largest absolute Gasteiger partial charge is 0.478 e. The second-order valence-electron chi connectivity index (χ2n) is 5.37. The maximum Gasteiger partial charge on any atom is 0.336 e.